The van der Waals surface area contributed by atoms with Gasteiger partial charge in [-0.25, -0.2) is 4.39 Å². The summed E-state index contributed by atoms with van der Waals surface area (Å²) in [4.78, 5) is 25.2. The highest BCUT2D eigenvalue weighted by molar-refractivity contribution is 9.10. The first-order valence-corrected chi connectivity index (χ1v) is 7.81. The number of halogens is 2. The average Bonchev–Trinajstić information content (AvgIpc) is 2.34. The summed E-state index contributed by atoms with van der Waals surface area (Å²) in [6, 6.07) is 4.05. The molecule has 1 aromatic rings. The fourth-order valence-electron chi connectivity index (χ4n) is 1.85. The summed E-state index contributed by atoms with van der Waals surface area (Å²) < 4.78 is 19.0. The molecule has 0 bridgehead atoms. The van der Waals surface area contributed by atoms with Crippen molar-refractivity contribution in [3.05, 3.63) is 34.1 Å². The largest absolute Gasteiger partial charge is 0.460 e. The van der Waals surface area contributed by atoms with Gasteiger partial charge in [-0.15, -0.1) is 0 Å². The van der Waals surface area contributed by atoms with Crippen LogP contribution in [0, 0.1) is 5.82 Å². The fourth-order valence-corrected chi connectivity index (χ4v) is 2.32. The van der Waals surface area contributed by atoms with Crippen molar-refractivity contribution in [2.75, 3.05) is 13.6 Å². The molecular formula is C16H21BrFNO3. The highest BCUT2D eigenvalue weighted by Gasteiger charge is 2.17. The van der Waals surface area contributed by atoms with Crippen LogP contribution in [0.25, 0.3) is 0 Å². The first-order valence-electron chi connectivity index (χ1n) is 7.02. The van der Waals surface area contributed by atoms with Gasteiger partial charge in [0.05, 0.1) is 0 Å². The number of carbonyl (C=O) groups is 2. The number of ether oxygens (including phenoxy) is 1. The molecule has 0 saturated heterocycles. The first-order chi connectivity index (χ1) is 10.1. The number of benzene rings is 1. The number of nitrogens with zero attached hydrogens (tertiary/aromatic N) is 1. The molecule has 0 aliphatic heterocycles. The molecule has 6 heteroatoms. The molecule has 0 fully saturated rings. The van der Waals surface area contributed by atoms with Gasteiger partial charge in [-0.05, 0) is 45.4 Å². The van der Waals surface area contributed by atoms with Gasteiger partial charge in [-0.3, -0.25) is 9.59 Å². The lowest BCUT2D eigenvalue weighted by molar-refractivity contribution is -0.154. The Kier molecular flexibility index (Phi) is 6.53. The molecule has 22 heavy (non-hydrogen) atoms. The molecule has 0 aromatic heterocycles. The molecule has 0 heterocycles. The Morgan fingerprint density at radius 1 is 1.27 bits per heavy atom. The van der Waals surface area contributed by atoms with Gasteiger partial charge in [0.2, 0.25) is 0 Å². The average molecular weight is 374 g/mol. The van der Waals surface area contributed by atoms with E-state index in [0.29, 0.717) is 17.4 Å². The number of rotatable bonds is 5. The lowest BCUT2D eigenvalue weighted by Crippen LogP contribution is -2.29. The maximum Gasteiger partial charge on any atom is 0.306 e. The highest BCUT2D eigenvalue weighted by Crippen LogP contribution is 2.16. The van der Waals surface area contributed by atoms with Crippen LogP contribution in [0.2, 0.25) is 0 Å². The zero-order valence-electron chi connectivity index (χ0n) is 13.3. The van der Waals surface area contributed by atoms with Gasteiger partial charge in [0.25, 0.3) is 5.91 Å². The van der Waals surface area contributed by atoms with Crippen molar-refractivity contribution in [1.29, 1.82) is 0 Å². The predicted molar refractivity (Wildman–Crippen MR) is 86.1 cm³/mol. The summed E-state index contributed by atoms with van der Waals surface area (Å²) in [7, 11) is 1.62. The molecule has 4 nitrogen and oxygen atoms in total. The monoisotopic (exact) mass is 373 g/mol. The zero-order valence-corrected chi connectivity index (χ0v) is 14.9. The lowest BCUT2D eigenvalue weighted by atomic mass is 10.2. The number of hydrogen-bond acceptors (Lipinski definition) is 3. The smallest absolute Gasteiger partial charge is 0.306 e. The summed E-state index contributed by atoms with van der Waals surface area (Å²) in [5.41, 5.74) is -0.237. The molecule has 0 aliphatic rings. The quantitative estimate of drug-likeness (QED) is 0.737. The van der Waals surface area contributed by atoms with E-state index in [2.05, 4.69) is 15.9 Å². The molecule has 0 N–H and O–H groups in total. The Morgan fingerprint density at radius 3 is 2.45 bits per heavy atom. The third-order valence-corrected chi connectivity index (χ3v) is 3.21. The van der Waals surface area contributed by atoms with Gasteiger partial charge in [-0.1, -0.05) is 15.9 Å². The van der Waals surface area contributed by atoms with Gasteiger partial charge in [0.1, 0.15) is 11.4 Å². The van der Waals surface area contributed by atoms with E-state index >= 15 is 0 Å². The van der Waals surface area contributed by atoms with Crippen LogP contribution in [0.5, 0.6) is 0 Å². The molecule has 0 radical (unpaired) electrons. The second-order valence-electron chi connectivity index (χ2n) is 6.07. The van der Waals surface area contributed by atoms with Crippen LogP contribution in [0.4, 0.5) is 4.39 Å². The van der Waals surface area contributed by atoms with E-state index in [1.54, 1.807) is 13.1 Å². The van der Waals surface area contributed by atoms with Crippen molar-refractivity contribution in [3.8, 4) is 0 Å². The Hall–Kier alpha value is -1.43. The molecule has 0 unspecified atom stereocenters. The molecule has 1 aromatic carbocycles. The fraction of sp³-hybridized carbons (Fsp3) is 0.500. The van der Waals surface area contributed by atoms with E-state index in [4.69, 9.17) is 4.74 Å². The number of hydrogen-bond donors (Lipinski definition) is 0. The van der Waals surface area contributed by atoms with Crippen molar-refractivity contribution in [2.45, 2.75) is 39.2 Å². The van der Waals surface area contributed by atoms with Gasteiger partial charge < -0.3 is 9.64 Å². The summed E-state index contributed by atoms with van der Waals surface area (Å²) in [6.45, 7) is 5.82. The normalized spacial score (nSPS) is 11.2. The summed E-state index contributed by atoms with van der Waals surface area (Å²) in [6.07, 6.45) is 0.732. The zero-order chi connectivity index (χ0) is 16.9. The molecule has 0 spiro atoms. The van der Waals surface area contributed by atoms with E-state index in [0.717, 1.165) is 0 Å². The van der Waals surface area contributed by atoms with Crippen LogP contribution in [-0.2, 0) is 9.53 Å². The summed E-state index contributed by atoms with van der Waals surface area (Å²) >= 11 is 3.16. The van der Waals surface area contributed by atoms with Crippen molar-refractivity contribution in [2.24, 2.45) is 0 Å². The minimum Gasteiger partial charge on any atom is -0.460 e. The van der Waals surface area contributed by atoms with Crippen LogP contribution in [0.1, 0.15) is 44.0 Å². The minimum atomic E-state index is -0.507. The van der Waals surface area contributed by atoms with Crippen LogP contribution in [-0.4, -0.2) is 36.0 Å². The Labute approximate surface area is 138 Å². The van der Waals surface area contributed by atoms with Crippen molar-refractivity contribution in [1.82, 2.24) is 4.90 Å². The Balaban J connectivity index is 2.50. The van der Waals surface area contributed by atoms with Crippen LogP contribution < -0.4 is 0 Å². The second-order valence-corrected chi connectivity index (χ2v) is 6.99. The second kappa shape index (κ2) is 7.72. The van der Waals surface area contributed by atoms with E-state index in [1.165, 1.54) is 17.0 Å². The SMILES string of the molecule is CN(CCCC(=O)OC(C)(C)C)C(=O)c1cc(F)cc(Br)c1. The third-order valence-electron chi connectivity index (χ3n) is 2.75. The van der Waals surface area contributed by atoms with Gasteiger partial charge in [0.15, 0.2) is 0 Å². The van der Waals surface area contributed by atoms with E-state index in [-0.39, 0.29) is 23.9 Å². The van der Waals surface area contributed by atoms with Crippen molar-refractivity contribution < 1.29 is 18.7 Å². The van der Waals surface area contributed by atoms with E-state index in [9.17, 15) is 14.0 Å². The molecule has 1 amide bonds. The maximum absolute atomic E-state index is 13.3. The lowest BCUT2D eigenvalue weighted by Gasteiger charge is -2.20. The van der Waals surface area contributed by atoms with Crippen molar-refractivity contribution in [3.63, 3.8) is 0 Å². The topological polar surface area (TPSA) is 46.6 Å². The van der Waals surface area contributed by atoms with Gasteiger partial charge >= 0.3 is 5.97 Å². The predicted octanol–water partition coefficient (Wildman–Crippen LogP) is 3.78. The number of amides is 1. The molecule has 1 rings (SSSR count). The van der Waals surface area contributed by atoms with E-state index < -0.39 is 11.4 Å². The number of carbonyl (C=O) groups excluding carboxylic acids is 2. The summed E-state index contributed by atoms with van der Waals surface area (Å²) in [5.74, 6) is -1.05. The van der Waals surface area contributed by atoms with Crippen LogP contribution in [0.3, 0.4) is 0 Å². The Bertz CT molecular complexity index is 535. The highest BCUT2D eigenvalue weighted by atomic mass is 79.9. The van der Waals surface area contributed by atoms with Gasteiger partial charge in [0, 0.05) is 30.0 Å². The molecule has 0 atom stereocenters. The molecule has 122 valence electrons. The third kappa shape index (κ3) is 6.56. The van der Waals surface area contributed by atoms with Crippen LogP contribution in [0.15, 0.2) is 22.7 Å². The molecular weight excluding hydrogens is 353 g/mol. The van der Waals surface area contributed by atoms with Crippen LogP contribution >= 0.6 is 15.9 Å². The molecule has 0 saturated carbocycles. The maximum atomic E-state index is 13.3. The first kappa shape index (κ1) is 18.6. The Morgan fingerprint density at radius 2 is 1.91 bits per heavy atom. The number of esters is 1. The van der Waals surface area contributed by atoms with Gasteiger partial charge in [-0.2, -0.15) is 0 Å². The van der Waals surface area contributed by atoms with E-state index in [1.807, 2.05) is 20.8 Å². The summed E-state index contributed by atoms with van der Waals surface area (Å²) in [5, 5.41) is 0. The van der Waals surface area contributed by atoms with Crippen molar-refractivity contribution >= 4 is 27.8 Å². The molecule has 0 aliphatic carbocycles. The minimum absolute atomic E-state index is 0.238. The standard InChI is InChI=1S/C16H21BrFNO3/c1-16(2,3)22-14(20)6-5-7-19(4)15(21)11-8-12(17)10-13(18)9-11/h8-10H,5-7H2,1-4H3.